The molecule has 6 aromatic rings. The number of carbonyl (C=O) groups excluding carboxylic acids is 1. The van der Waals surface area contributed by atoms with Gasteiger partial charge in [-0.25, -0.2) is 14.4 Å². The van der Waals surface area contributed by atoms with Crippen molar-refractivity contribution in [2.24, 2.45) is 0 Å². The van der Waals surface area contributed by atoms with Crippen LogP contribution in [0.1, 0.15) is 38.5 Å². The molecule has 0 saturated heterocycles. The number of aryl methyl sites for hydroxylation is 1. The summed E-state index contributed by atoms with van der Waals surface area (Å²) in [5.41, 5.74) is -0.292. The second kappa shape index (κ2) is 10.2. The summed E-state index contributed by atoms with van der Waals surface area (Å²) >= 11 is 0. The van der Waals surface area contributed by atoms with Crippen molar-refractivity contribution in [1.82, 2.24) is 0 Å². The van der Waals surface area contributed by atoms with Crippen molar-refractivity contribution in [1.29, 1.82) is 0 Å². The number of hydrogen-bond acceptors (Lipinski definition) is 8. The van der Waals surface area contributed by atoms with Gasteiger partial charge in [-0.1, -0.05) is 54.1 Å². The van der Waals surface area contributed by atoms with E-state index in [4.69, 9.17) is 13.6 Å². The molecule has 0 aliphatic rings. The molecule has 0 fully saturated rings. The molecule has 0 saturated carbocycles. The Morgan fingerprint density at radius 1 is 0.683 bits per heavy atom. The normalized spacial score (nSPS) is 11.3. The van der Waals surface area contributed by atoms with Gasteiger partial charge in [0.05, 0.1) is 33.4 Å². The highest BCUT2D eigenvalue weighted by Crippen LogP contribution is 2.42. The Morgan fingerprint density at radius 2 is 1.17 bits per heavy atom. The topological polar surface area (TPSA) is 127 Å². The molecule has 0 atom stereocenters. The van der Waals surface area contributed by atoms with Crippen LogP contribution in [0.3, 0.4) is 0 Å². The molecule has 0 radical (unpaired) electrons. The Balaban J connectivity index is 1.51. The molecular formula is C33H22O8. The fourth-order valence-corrected chi connectivity index (χ4v) is 4.87. The molecule has 2 heterocycles. The second-order valence-electron chi connectivity index (χ2n) is 9.55. The summed E-state index contributed by atoms with van der Waals surface area (Å²) in [7, 11) is 0. The van der Waals surface area contributed by atoms with Crippen LogP contribution >= 0.6 is 0 Å². The summed E-state index contributed by atoms with van der Waals surface area (Å²) in [6, 6.07) is 25.8. The lowest BCUT2D eigenvalue weighted by molar-refractivity contribution is 0.0734. The van der Waals surface area contributed by atoms with E-state index in [1.54, 1.807) is 60.7 Å². The molecule has 0 aliphatic carbocycles. The van der Waals surface area contributed by atoms with Crippen molar-refractivity contribution >= 4 is 27.9 Å². The lowest BCUT2D eigenvalue weighted by atomic mass is 9.84. The SMILES string of the molecule is Cc1ccc(C(=O)Oc2ccc(C(c3c(O)c4ccccc4oc3=O)c3c(O)c4ccccc4oc3=O)cc2)cc1. The van der Waals surface area contributed by atoms with Gasteiger partial charge in [-0.3, -0.25) is 0 Å². The third-order valence-corrected chi connectivity index (χ3v) is 6.93. The number of rotatable bonds is 5. The monoisotopic (exact) mass is 546 g/mol. The highest BCUT2D eigenvalue weighted by atomic mass is 16.5. The van der Waals surface area contributed by atoms with E-state index in [1.165, 1.54) is 36.4 Å². The molecule has 8 heteroatoms. The van der Waals surface area contributed by atoms with Gasteiger partial charge < -0.3 is 23.8 Å². The number of benzene rings is 4. The molecule has 41 heavy (non-hydrogen) atoms. The van der Waals surface area contributed by atoms with Crippen molar-refractivity contribution in [3.8, 4) is 17.2 Å². The molecule has 0 unspecified atom stereocenters. The van der Waals surface area contributed by atoms with E-state index in [9.17, 15) is 24.6 Å². The predicted octanol–water partition coefficient (Wildman–Crippen LogP) is 6.02. The molecule has 6 rings (SSSR count). The molecule has 8 nitrogen and oxygen atoms in total. The highest BCUT2D eigenvalue weighted by molar-refractivity contribution is 5.91. The van der Waals surface area contributed by atoms with Gasteiger partial charge in [-0.2, -0.15) is 0 Å². The number of ether oxygens (including phenoxy) is 1. The van der Waals surface area contributed by atoms with Gasteiger partial charge in [0.15, 0.2) is 0 Å². The third kappa shape index (κ3) is 4.61. The fraction of sp³-hybridized carbons (Fsp3) is 0.0606. The first-order valence-corrected chi connectivity index (χ1v) is 12.7. The van der Waals surface area contributed by atoms with Gasteiger partial charge in [0, 0.05) is 0 Å². The van der Waals surface area contributed by atoms with Crippen LogP contribution in [0.25, 0.3) is 21.9 Å². The third-order valence-electron chi connectivity index (χ3n) is 6.93. The highest BCUT2D eigenvalue weighted by Gasteiger charge is 2.32. The standard InChI is InChI=1S/C33H22O8/c1-18-10-12-20(13-11-18)31(36)39-21-16-14-19(15-17-21)26(27-29(34)22-6-2-4-8-24(22)40-32(27)37)28-30(35)23-7-3-5-9-25(23)41-33(28)38/h2-17,26,34-35H,1H3. The maximum absolute atomic E-state index is 13.3. The van der Waals surface area contributed by atoms with Crippen LogP contribution in [0.4, 0.5) is 0 Å². The van der Waals surface area contributed by atoms with Gasteiger partial charge in [-0.05, 0) is 61.0 Å². The minimum absolute atomic E-state index is 0.158. The number of hydrogen-bond donors (Lipinski definition) is 2. The lowest BCUT2D eigenvalue weighted by Gasteiger charge is -2.20. The van der Waals surface area contributed by atoms with Gasteiger partial charge in [0.2, 0.25) is 0 Å². The number of fused-ring (bicyclic) bond motifs is 2. The average molecular weight is 547 g/mol. The van der Waals surface area contributed by atoms with E-state index < -0.39 is 34.6 Å². The van der Waals surface area contributed by atoms with E-state index in [1.807, 2.05) is 6.92 Å². The Labute approximate surface area is 232 Å². The average Bonchev–Trinajstić information content (AvgIpc) is 2.97. The predicted molar refractivity (Wildman–Crippen MR) is 152 cm³/mol. The second-order valence-corrected chi connectivity index (χ2v) is 9.55. The smallest absolute Gasteiger partial charge is 0.344 e. The molecule has 0 bridgehead atoms. The maximum atomic E-state index is 13.3. The first kappa shape index (κ1) is 25.6. The summed E-state index contributed by atoms with van der Waals surface area (Å²) < 4.78 is 16.5. The first-order valence-electron chi connectivity index (χ1n) is 12.7. The van der Waals surface area contributed by atoms with Crippen LogP contribution in [0.15, 0.2) is 115 Å². The minimum atomic E-state index is -1.29. The van der Waals surface area contributed by atoms with Gasteiger partial charge in [-0.15, -0.1) is 0 Å². The van der Waals surface area contributed by atoms with Gasteiger partial charge in [0.25, 0.3) is 0 Å². The Bertz CT molecular complexity index is 1950. The Morgan fingerprint density at radius 3 is 1.68 bits per heavy atom. The van der Waals surface area contributed by atoms with Crippen molar-refractivity contribution < 1.29 is 28.6 Å². The largest absolute Gasteiger partial charge is 0.507 e. The molecule has 0 spiro atoms. The molecule has 202 valence electrons. The summed E-state index contributed by atoms with van der Waals surface area (Å²) in [6.45, 7) is 1.91. The summed E-state index contributed by atoms with van der Waals surface area (Å²) in [5.74, 6) is -2.44. The lowest BCUT2D eigenvalue weighted by Crippen LogP contribution is -2.21. The van der Waals surface area contributed by atoms with Crippen molar-refractivity contribution in [3.63, 3.8) is 0 Å². The van der Waals surface area contributed by atoms with Crippen LogP contribution in [-0.4, -0.2) is 16.2 Å². The molecule has 2 aromatic heterocycles. The number of esters is 1. The zero-order chi connectivity index (χ0) is 28.7. The first-order chi connectivity index (χ1) is 19.8. The maximum Gasteiger partial charge on any atom is 0.344 e. The zero-order valence-corrected chi connectivity index (χ0v) is 21.7. The van der Waals surface area contributed by atoms with E-state index in [0.717, 1.165) is 5.56 Å². The van der Waals surface area contributed by atoms with Crippen molar-refractivity contribution in [3.05, 3.63) is 146 Å². The molecule has 2 N–H and O–H groups in total. The van der Waals surface area contributed by atoms with Crippen LogP contribution in [0.2, 0.25) is 0 Å². The number of aromatic hydroxyl groups is 2. The molecular weight excluding hydrogens is 524 g/mol. The number of para-hydroxylation sites is 2. The molecule has 4 aromatic carbocycles. The quantitative estimate of drug-likeness (QED) is 0.153. The van der Waals surface area contributed by atoms with Crippen LogP contribution in [0.5, 0.6) is 17.2 Å². The Kier molecular flexibility index (Phi) is 6.35. The van der Waals surface area contributed by atoms with Crippen LogP contribution in [-0.2, 0) is 0 Å². The van der Waals surface area contributed by atoms with Crippen molar-refractivity contribution in [2.75, 3.05) is 0 Å². The number of carbonyl (C=O) groups is 1. The summed E-state index contributed by atoms with van der Waals surface area (Å²) in [5, 5.41) is 23.1. The van der Waals surface area contributed by atoms with Gasteiger partial charge in [0.1, 0.15) is 28.4 Å². The van der Waals surface area contributed by atoms with Gasteiger partial charge >= 0.3 is 17.2 Å². The van der Waals surface area contributed by atoms with Crippen LogP contribution in [0, 0.1) is 6.92 Å². The fourth-order valence-electron chi connectivity index (χ4n) is 4.87. The zero-order valence-electron chi connectivity index (χ0n) is 21.7. The van der Waals surface area contributed by atoms with Crippen molar-refractivity contribution in [2.45, 2.75) is 12.8 Å². The molecule has 0 amide bonds. The summed E-state index contributed by atoms with van der Waals surface area (Å²) in [6.07, 6.45) is 0. The van der Waals surface area contributed by atoms with E-state index in [0.29, 0.717) is 11.1 Å². The Hall–Kier alpha value is -5.63. The van der Waals surface area contributed by atoms with E-state index >= 15 is 0 Å². The van der Waals surface area contributed by atoms with E-state index in [-0.39, 0.29) is 38.8 Å². The van der Waals surface area contributed by atoms with E-state index in [2.05, 4.69) is 0 Å². The van der Waals surface area contributed by atoms with Crippen LogP contribution < -0.4 is 16.0 Å². The minimum Gasteiger partial charge on any atom is -0.507 e. The molecule has 0 aliphatic heterocycles. The summed E-state index contributed by atoms with van der Waals surface area (Å²) in [4.78, 5) is 39.2.